The highest BCUT2D eigenvalue weighted by molar-refractivity contribution is 5.97. The van der Waals surface area contributed by atoms with E-state index in [9.17, 15) is 19.1 Å². The maximum absolute atomic E-state index is 13.7. The first-order chi connectivity index (χ1) is 9.79. The van der Waals surface area contributed by atoms with Crippen molar-refractivity contribution in [2.24, 2.45) is 5.92 Å². The summed E-state index contributed by atoms with van der Waals surface area (Å²) in [5, 5.41) is 14.4. The average molecular weight is 296 g/mol. The maximum Gasteiger partial charge on any atom is 0.254 e. The number of carbonyl (C=O) groups excluding carboxylic acids is 2. The van der Waals surface area contributed by atoms with Crippen molar-refractivity contribution < 1.29 is 19.1 Å². The van der Waals surface area contributed by atoms with Gasteiger partial charge in [-0.2, -0.15) is 0 Å². The molecule has 2 atom stereocenters. The van der Waals surface area contributed by atoms with E-state index in [1.807, 2.05) is 6.92 Å². The summed E-state index contributed by atoms with van der Waals surface area (Å²) in [5.41, 5.74) is 0.247. The molecule has 2 amide bonds. The molecule has 0 fully saturated rings. The number of nitrogens with one attached hydrogen (secondary N) is 2. The fourth-order valence-electron chi connectivity index (χ4n) is 2.01. The molecule has 0 aliphatic heterocycles. The van der Waals surface area contributed by atoms with Crippen LogP contribution in [-0.2, 0) is 4.79 Å². The second kappa shape index (κ2) is 7.73. The monoisotopic (exact) mass is 296 g/mol. The fourth-order valence-corrected chi connectivity index (χ4v) is 2.01. The van der Waals surface area contributed by atoms with Gasteiger partial charge in [0.2, 0.25) is 5.91 Å². The quantitative estimate of drug-likeness (QED) is 0.750. The Morgan fingerprint density at radius 2 is 2.00 bits per heavy atom. The number of rotatable bonds is 6. The van der Waals surface area contributed by atoms with Gasteiger partial charge in [0.05, 0.1) is 11.7 Å². The molecule has 21 heavy (non-hydrogen) atoms. The predicted molar refractivity (Wildman–Crippen MR) is 78.5 cm³/mol. The van der Waals surface area contributed by atoms with Crippen molar-refractivity contribution >= 4 is 17.5 Å². The summed E-state index contributed by atoms with van der Waals surface area (Å²) < 4.78 is 13.7. The number of benzene rings is 1. The standard InChI is InChI=1S/C15H21FN2O3/c1-9(6-10(2)19)8-17-15(21)13-7-12(18-11(3)20)4-5-14(13)16/h4-5,7,9-10,19H,6,8H2,1-3H3,(H,17,21)(H,18,20). The molecule has 5 nitrogen and oxygen atoms in total. The molecule has 0 heterocycles. The van der Waals surface area contributed by atoms with E-state index >= 15 is 0 Å². The Kier molecular flexibility index (Phi) is 6.30. The van der Waals surface area contributed by atoms with E-state index in [0.29, 0.717) is 18.7 Å². The number of anilines is 1. The molecule has 0 radical (unpaired) electrons. The first-order valence-electron chi connectivity index (χ1n) is 6.83. The highest BCUT2D eigenvalue weighted by Crippen LogP contribution is 2.15. The third-order valence-electron chi connectivity index (χ3n) is 2.89. The Morgan fingerprint density at radius 3 is 2.57 bits per heavy atom. The van der Waals surface area contributed by atoms with Crippen molar-refractivity contribution in [3.05, 3.63) is 29.6 Å². The molecule has 116 valence electrons. The highest BCUT2D eigenvalue weighted by atomic mass is 19.1. The number of amides is 2. The minimum absolute atomic E-state index is 0.0792. The van der Waals surface area contributed by atoms with Gasteiger partial charge in [0.15, 0.2) is 0 Å². The van der Waals surface area contributed by atoms with Gasteiger partial charge in [-0.15, -0.1) is 0 Å². The first kappa shape index (κ1) is 17.1. The van der Waals surface area contributed by atoms with Crippen LogP contribution in [0.5, 0.6) is 0 Å². The van der Waals surface area contributed by atoms with Crippen LogP contribution in [0.15, 0.2) is 18.2 Å². The van der Waals surface area contributed by atoms with Crippen LogP contribution in [0.1, 0.15) is 37.6 Å². The van der Waals surface area contributed by atoms with Crippen LogP contribution in [0.3, 0.4) is 0 Å². The lowest BCUT2D eigenvalue weighted by molar-refractivity contribution is -0.114. The van der Waals surface area contributed by atoms with Gasteiger partial charge in [-0.05, 0) is 37.5 Å². The van der Waals surface area contributed by atoms with E-state index in [1.54, 1.807) is 6.92 Å². The molecule has 0 saturated heterocycles. The molecule has 1 rings (SSSR count). The summed E-state index contributed by atoms with van der Waals surface area (Å²) in [6, 6.07) is 3.83. The van der Waals surface area contributed by atoms with E-state index in [-0.39, 0.29) is 17.4 Å². The number of aliphatic hydroxyl groups excluding tert-OH is 1. The zero-order valence-corrected chi connectivity index (χ0v) is 12.4. The summed E-state index contributed by atoms with van der Waals surface area (Å²) in [6.45, 7) is 5.24. The Labute approximate surface area is 123 Å². The molecule has 1 aromatic carbocycles. The molecule has 0 bridgehead atoms. The molecule has 0 spiro atoms. The molecule has 0 aliphatic rings. The van der Waals surface area contributed by atoms with Crippen molar-refractivity contribution in [3.8, 4) is 0 Å². The van der Waals surface area contributed by atoms with Crippen molar-refractivity contribution in [2.45, 2.75) is 33.3 Å². The van der Waals surface area contributed by atoms with Crippen LogP contribution < -0.4 is 10.6 Å². The molecule has 6 heteroatoms. The third kappa shape index (κ3) is 5.91. The zero-order chi connectivity index (χ0) is 16.0. The minimum atomic E-state index is -0.648. The normalized spacial score (nSPS) is 13.4. The number of carbonyl (C=O) groups is 2. The van der Waals surface area contributed by atoms with E-state index in [2.05, 4.69) is 10.6 Å². The number of halogens is 1. The maximum atomic E-state index is 13.7. The van der Waals surface area contributed by atoms with E-state index in [0.717, 1.165) is 6.07 Å². The Morgan fingerprint density at radius 1 is 1.33 bits per heavy atom. The first-order valence-corrected chi connectivity index (χ1v) is 6.83. The smallest absolute Gasteiger partial charge is 0.254 e. The molecular formula is C15H21FN2O3. The Bertz CT molecular complexity index is 518. The number of aliphatic hydroxyl groups is 1. The van der Waals surface area contributed by atoms with Crippen molar-refractivity contribution in [1.82, 2.24) is 5.32 Å². The largest absolute Gasteiger partial charge is 0.393 e. The van der Waals surface area contributed by atoms with Crippen LogP contribution >= 0.6 is 0 Å². The summed E-state index contributed by atoms with van der Waals surface area (Å²) in [5.74, 6) is -1.41. The lowest BCUT2D eigenvalue weighted by Crippen LogP contribution is -2.30. The van der Waals surface area contributed by atoms with Gasteiger partial charge < -0.3 is 15.7 Å². The van der Waals surface area contributed by atoms with Crippen molar-refractivity contribution in [2.75, 3.05) is 11.9 Å². The third-order valence-corrected chi connectivity index (χ3v) is 2.89. The summed E-state index contributed by atoms with van der Waals surface area (Å²) in [6.07, 6.45) is 0.103. The van der Waals surface area contributed by atoms with Crippen LogP contribution in [0.25, 0.3) is 0 Å². The van der Waals surface area contributed by atoms with Gasteiger partial charge in [-0.1, -0.05) is 6.92 Å². The molecule has 0 aliphatic carbocycles. The average Bonchev–Trinajstić information content (AvgIpc) is 2.37. The van der Waals surface area contributed by atoms with Crippen LogP contribution in [0, 0.1) is 11.7 Å². The second-order valence-corrected chi connectivity index (χ2v) is 5.28. The van der Waals surface area contributed by atoms with Crippen LogP contribution in [-0.4, -0.2) is 29.6 Å². The molecule has 1 aromatic rings. The summed E-state index contributed by atoms with van der Waals surface area (Å²) in [7, 11) is 0. The van der Waals surface area contributed by atoms with Gasteiger partial charge in [-0.25, -0.2) is 4.39 Å². The SMILES string of the molecule is CC(=O)Nc1ccc(F)c(C(=O)NCC(C)CC(C)O)c1. The van der Waals surface area contributed by atoms with Gasteiger partial charge in [0.25, 0.3) is 5.91 Å². The van der Waals surface area contributed by atoms with Gasteiger partial charge in [0.1, 0.15) is 5.82 Å². The summed E-state index contributed by atoms with van der Waals surface area (Å²) in [4.78, 5) is 22.9. The Balaban J connectivity index is 2.70. The number of hydrogen-bond donors (Lipinski definition) is 3. The van der Waals surface area contributed by atoms with Crippen molar-refractivity contribution in [3.63, 3.8) is 0 Å². The zero-order valence-electron chi connectivity index (χ0n) is 12.4. The molecule has 0 aromatic heterocycles. The van der Waals surface area contributed by atoms with Gasteiger partial charge >= 0.3 is 0 Å². The van der Waals surface area contributed by atoms with Crippen molar-refractivity contribution in [1.29, 1.82) is 0 Å². The van der Waals surface area contributed by atoms with E-state index in [4.69, 9.17) is 0 Å². The Hall–Kier alpha value is -1.95. The molecule has 3 N–H and O–H groups in total. The minimum Gasteiger partial charge on any atom is -0.393 e. The fraction of sp³-hybridized carbons (Fsp3) is 0.467. The highest BCUT2D eigenvalue weighted by Gasteiger charge is 2.14. The lowest BCUT2D eigenvalue weighted by atomic mass is 10.0. The van der Waals surface area contributed by atoms with E-state index < -0.39 is 17.8 Å². The van der Waals surface area contributed by atoms with Crippen LogP contribution in [0.2, 0.25) is 0 Å². The second-order valence-electron chi connectivity index (χ2n) is 5.28. The van der Waals surface area contributed by atoms with Gasteiger partial charge in [0, 0.05) is 19.2 Å². The molecule has 0 saturated carbocycles. The van der Waals surface area contributed by atoms with Crippen LogP contribution in [0.4, 0.5) is 10.1 Å². The van der Waals surface area contributed by atoms with E-state index in [1.165, 1.54) is 19.1 Å². The number of hydrogen-bond acceptors (Lipinski definition) is 3. The predicted octanol–water partition coefficient (Wildman–Crippen LogP) is 1.92. The summed E-state index contributed by atoms with van der Waals surface area (Å²) >= 11 is 0. The molecular weight excluding hydrogens is 275 g/mol. The van der Waals surface area contributed by atoms with Gasteiger partial charge in [-0.3, -0.25) is 9.59 Å². The molecule has 2 unspecified atom stereocenters. The lowest BCUT2D eigenvalue weighted by Gasteiger charge is -2.14. The topological polar surface area (TPSA) is 78.4 Å².